The SMILES string of the molecule is O=C(NCCc1ccccc1)[C@@H](c1ccccc1)n1cnnn1. The predicted octanol–water partition coefficient (Wildman–Crippen LogP) is 1.62. The molecule has 0 saturated carbocycles. The van der Waals surface area contributed by atoms with Gasteiger partial charge in [0.25, 0.3) is 0 Å². The molecule has 23 heavy (non-hydrogen) atoms. The molecule has 3 rings (SSSR count). The van der Waals surface area contributed by atoms with Crippen LogP contribution in [0.3, 0.4) is 0 Å². The van der Waals surface area contributed by atoms with Gasteiger partial charge >= 0.3 is 0 Å². The summed E-state index contributed by atoms with van der Waals surface area (Å²) in [5.41, 5.74) is 2.03. The average molecular weight is 307 g/mol. The maximum atomic E-state index is 12.6. The fourth-order valence-electron chi connectivity index (χ4n) is 2.42. The van der Waals surface area contributed by atoms with Crippen LogP contribution >= 0.6 is 0 Å². The minimum absolute atomic E-state index is 0.126. The maximum Gasteiger partial charge on any atom is 0.249 e. The lowest BCUT2D eigenvalue weighted by atomic mass is 10.1. The highest BCUT2D eigenvalue weighted by molar-refractivity contribution is 5.83. The number of nitrogens with zero attached hydrogens (tertiary/aromatic N) is 4. The Morgan fingerprint density at radius 2 is 1.74 bits per heavy atom. The molecule has 3 aromatic rings. The van der Waals surface area contributed by atoms with Gasteiger partial charge in [0.2, 0.25) is 5.91 Å². The molecule has 0 aliphatic rings. The van der Waals surface area contributed by atoms with Crippen molar-refractivity contribution in [3.63, 3.8) is 0 Å². The second kappa shape index (κ2) is 7.31. The van der Waals surface area contributed by atoms with E-state index in [1.807, 2.05) is 60.7 Å². The van der Waals surface area contributed by atoms with Gasteiger partial charge in [0.1, 0.15) is 6.33 Å². The van der Waals surface area contributed by atoms with Crippen LogP contribution in [0.4, 0.5) is 0 Å². The van der Waals surface area contributed by atoms with E-state index < -0.39 is 6.04 Å². The van der Waals surface area contributed by atoms with Crippen LogP contribution in [0.5, 0.6) is 0 Å². The molecule has 2 aromatic carbocycles. The van der Waals surface area contributed by atoms with Crippen molar-refractivity contribution in [3.05, 3.63) is 78.1 Å². The maximum absolute atomic E-state index is 12.6. The molecule has 0 unspecified atom stereocenters. The van der Waals surface area contributed by atoms with E-state index in [-0.39, 0.29) is 5.91 Å². The lowest BCUT2D eigenvalue weighted by Crippen LogP contribution is -2.34. The van der Waals surface area contributed by atoms with Gasteiger partial charge in [0.15, 0.2) is 6.04 Å². The summed E-state index contributed by atoms with van der Waals surface area (Å²) in [6.07, 6.45) is 2.23. The largest absolute Gasteiger partial charge is 0.354 e. The molecule has 1 aromatic heterocycles. The summed E-state index contributed by atoms with van der Waals surface area (Å²) in [5, 5.41) is 14.1. The van der Waals surface area contributed by atoms with Gasteiger partial charge in [-0.25, -0.2) is 4.68 Å². The molecule has 0 bridgehead atoms. The molecule has 0 fully saturated rings. The van der Waals surface area contributed by atoms with Crippen molar-refractivity contribution in [2.45, 2.75) is 12.5 Å². The first-order chi connectivity index (χ1) is 11.3. The minimum atomic E-state index is -0.568. The number of carbonyl (C=O) groups excluding carboxylic acids is 1. The minimum Gasteiger partial charge on any atom is -0.354 e. The molecule has 1 atom stereocenters. The molecular formula is C17H17N5O. The average Bonchev–Trinajstić information content (AvgIpc) is 3.11. The number of hydrogen-bond donors (Lipinski definition) is 1. The number of tetrazole rings is 1. The zero-order valence-electron chi connectivity index (χ0n) is 12.5. The van der Waals surface area contributed by atoms with E-state index in [0.29, 0.717) is 6.54 Å². The van der Waals surface area contributed by atoms with Gasteiger partial charge in [-0.15, -0.1) is 5.10 Å². The Kier molecular flexibility index (Phi) is 4.73. The van der Waals surface area contributed by atoms with Gasteiger partial charge in [0.05, 0.1) is 0 Å². The molecule has 0 aliphatic heterocycles. The molecular weight excluding hydrogens is 290 g/mol. The zero-order valence-corrected chi connectivity index (χ0v) is 12.5. The Labute approximate surface area is 134 Å². The Bertz CT molecular complexity index is 728. The summed E-state index contributed by atoms with van der Waals surface area (Å²) >= 11 is 0. The molecule has 1 heterocycles. The topological polar surface area (TPSA) is 72.7 Å². The smallest absolute Gasteiger partial charge is 0.249 e. The number of nitrogens with one attached hydrogen (secondary N) is 1. The fourth-order valence-corrected chi connectivity index (χ4v) is 2.42. The molecule has 0 saturated heterocycles. The third-order valence-electron chi connectivity index (χ3n) is 3.55. The molecule has 0 radical (unpaired) electrons. The van der Waals surface area contributed by atoms with Crippen molar-refractivity contribution in [2.75, 3.05) is 6.54 Å². The fraction of sp³-hybridized carbons (Fsp3) is 0.176. The van der Waals surface area contributed by atoms with Crippen LogP contribution in [0.15, 0.2) is 67.0 Å². The van der Waals surface area contributed by atoms with Crippen LogP contribution in [0.25, 0.3) is 0 Å². The molecule has 1 N–H and O–H groups in total. The van der Waals surface area contributed by atoms with Gasteiger partial charge in [-0.3, -0.25) is 4.79 Å². The normalized spacial score (nSPS) is 11.8. The van der Waals surface area contributed by atoms with Crippen molar-refractivity contribution in [2.24, 2.45) is 0 Å². The van der Waals surface area contributed by atoms with Gasteiger partial charge in [0, 0.05) is 6.54 Å². The summed E-state index contributed by atoms with van der Waals surface area (Å²) < 4.78 is 1.47. The Balaban J connectivity index is 1.69. The van der Waals surface area contributed by atoms with Crippen LogP contribution in [-0.4, -0.2) is 32.7 Å². The molecule has 116 valence electrons. The standard InChI is InChI=1S/C17H17N5O/c23-17(18-12-11-14-7-3-1-4-8-14)16(22-13-19-20-21-22)15-9-5-2-6-10-15/h1-10,13,16H,11-12H2,(H,18,23)/t16-/m1/s1. The summed E-state index contributed by atoms with van der Waals surface area (Å²) in [5.74, 6) is -0.126. The summed E-state index contributed by atoms with van der Waals surface area (Å²) in [6, 6.07) is 19.0. The van der Waals surface area contributed by atoms with E-state index in [4.69, 9.17) is 0 Å². The number of carbonyl (C=O) groups is 1. The lowest BCUT2D eigenvalue weighted by molar-refractivity contribution is -0.123. The highest BCUT2D eigenvalue weighted by Gasteiger charge is 2.23. The van der Waals surface area contributed by atoms with Crippen LogP contribution in [0.1, 0.15) is 17.2 Å². The third-order valence-corrected chi connectivity index (χ3v) is 3.55. The number of benzene rings is 2. The van der Waals surface area contributed by atoms with Crippen LogP contribution in [0.2, 0.25) is 0 Å². The summed E-state index contributed by atoms with van der Waals surface area (Å²) in [7, 11) is 0. The van der Waals surface area contributed by atoms with Crippen molar-refractivity contribution < 1.29 is 4.79 Å². The van der Waals surface area contributed by atoms with E-state index in [1.54, 1.807) is 0 Å². The monoisotopic (exact) mass is 307 g/mol. The van der Waals surface area contributed by atoms with Crippen molar-refractivity contribution in [1.82, 2.24) is 25.5 Å². The summed E-state index contributed by atoms with van der Waals surface area (Å²) in [6.45, 7) is 0.564. The third kappa shape index (κ3) is 3.79. The van der Waals surface area contributed by atoms with Crippen LogP contribution in [0, 0.1) is 0 Å². The molecule has 6 nitrogen and oxygen atoms in total. The molecule has 0 aliphatic carbocycles. The second-order valence-electron chi connectivity index (χ2n) is 5.13. The van der Waals surface area contributed by atoms with E-state index in [0.717, 1.165) is 12.0 Å². The van der Waals surface area contributed by atoms with E-state index in [9.17, 15) is 4.79 Å². The predicted molar refractivity (Wildman–Crippen MR) is 85.6 cm³/mol. The van der Waals surface area contributed by atoms with Crippen molar-refractivity contribution >= 4 is 5.91 Å². The number of rotatable bonds is 6. The molecule has 6 heteroatoms. The number of aromatic nitrogens is 4. The van der Waals surface area contributed by atoms with Gasteiger partial charge in [-0.1, -0.05) is 60.7 Å². The Morgan fingerprint density at radius 1 is 1.04 bits per heavy atom. The summed E-state index contributed by atoms with van der Waals surface area (Å²) in [4.78, 5) is 12.6. The van der Waals surface area contributed by atoms with Crippen molar-refractivity contribution in [1.29, 1.82) is 0 Å². The van der Waals surface area contributed by atoms with Gasteiger partial charge in [-0.05, 0) is 28.0 Å². The van der Waals surface area contributed by atoms with E-state index >= 15 is 0 Å². The quantitative estimate of drug-likeness (QED) is 0.751. The first kappa shape index (κ1) is 14.9. The first-order valence-electron chi connectivity index (χ1n) is 7.43. The Hall–Kier alpha value is -3.02. The second-order valence-corrected chi connectivity index (χ2v) is 5.13. The zero-order chi connectivity index (χ0) is 15.9. The first-order valence-corrected chi connectivity index (χ1v) is 7.43. The van der Waals surface area contributed by atoms with E-state index in [1.165, 1.54) is 16.6 Å². The van der Waals surface area contributed by atoms with E-state index in [2.05, 4.69) is 20.8 Å². The van der Waals surface area contributed by atoms with Gasteiger partial charge in [-0.2, -0.15) is 0 Å². The van der Waals surface area contributed by atoms with Crippen LogP contribution < -0.4 is 5.32 Å². The highest BCUT2D eigenvalue weighted by atomic mass is 16.2. The lowest BCUT2D eigenvalue weighted by Gasteiger charge is -2.16. The number of amides is 1. The molecule has 1 amide bonds. The highest BCUT2D eigenvalue weighted by Crippen LogP contribution is 2.16. The van der Waals surface area contributed by atoms with Crippen LogP contribution in [-0.2, 0) is 11.2 Å². The van der Waals surface area contributed by atoms with Gasteiger partial charge < -0.3 is 5.32 Å². The number of hydrogen-bond acceptors (Lipinski definition) is 4. The Morgan fingerprint density at radius 3 is 2.39 bits per heavy atom. The van der Waals surface area contributed by atoms with Crippen molar-refractivity contribution in [3.8, 4) is 0 Å². The molecule has 0 spiro atoms.